The van der Waals surface area contributed by atoms with Crippen molar-refractivity contribution in [1.82, 2.24) is 4.98 Å². The van der Waals surface area contributed by atoms with Gasteiger partial charge >= 0.3 is 0 Å². The number of hydrogen-bond donors (Lipinski definition) is 1. The molecule has 0 saturated carbocycles. The van der Waals surface area contributed by atoms with E-state index in [2.05, 4.69) is 25.6 Å². The molecule has 0 amide bonds. The molecule has 1 N–H and O–H groups in total. The summed E-state index contributed by atoms with van der Waals surface area (Å²) in [6.45, 7) is 0. The van der Waals surface area contributed by atoms with Crippen molar-refractivity contribution in [1.29, 1.82) is 0 Å². The Labute approximate surface area is 141 Å². The molecule has 0 fully saturated rings. The van der Waals surface area contributed by atoms with E-state index in [0.717, 1.165) is 12.3 Å². The van der Waals surface area contributed by atoms with Gasteiger partial charge in [0.15, 0.2) is 9.84 Å². The molecule has 1 heterocycles. The molecule has 1 aromatic carbocycles. The fourth-order valence-corrected chi connectivity index (χ4v) is 4.38. The van der Waals surface area contributed by atoms with Crippen molar-refractivity contribution in [3.63, 3.8) is 0 Å². The Balaban J connectivity index is 2.47. The molecule has 0 aliphatic carbocycles. The van der Waals surface area contributed by atoms with Crippen molar-refractivity contribution in [2.75, 3.05) is 11.0 Å². The van der Waals surface area contributed by atoms with Gasteiger partial charge in [-0.1, -0.05) is 11.6 Å². The zero-order valence-corrected chi connectivity index (χ0v) is 15.1. The molecule has 2 rings (SSSR count). The minimum atomic E-state index is -4.01. The van der Waals surface area contributed by atoms with Gasteiger partial charge in [0.2, 0.25) is 0 Å². The van der Waals surface area contributed by atoms with Gasteiger partial charge in [0, 0.05) is 16.9 Å². The molecule has 118 valence electrons. The highest BCUT2D eigenvalue weighted by Crippen LogP contribution is 2.27. The first-order valence-corrected chi connectivity index (χ1v) is 10.3. The van der Waals surface area contributed by atoms with E-state index in [9.17, 15) is 16.8 Å². The Bertz CT molecular complexity index is 913. The maximum absolute atomic E-state index is 12.4. The van der Waals surface area contributed by atoms with Gasteiger partial charge in [-0.3, -0.25) is 4.72 Å². The van der Waals surface area contributed by atoms with Crippen LogP contribution in [0.1, 0.15) is 0 Å². The average molecular weight is 426 g/mol. The first-order chi connectivity index (χ1) is 10.1. The molecule has 0 atom stereocenters. The van der Waals surface area contributed by atoms with Gasteiger partial charge in [-0.15, -0.1) is 0 Å². The van der Waals surface area contributed by atoms with E-state index in [1.165, 1.54) is 30.5 Å². The average Bonchev–Trinajstić information content (AvgIpc) is 2.40. The minimum Gasteiger partial charge on any atom is -0.263 e. The molecule has 0 radical (unpaired) electrons. The van der Waals surface area contributed by atoms with Gasteiger partial charge in [-0.05, 0) is 46.3 Å². The maximum atomic E-state index is 12.4. The third-order valence-electron chi connectivity index (χ3n) is 2.59. The van der Waals surface area contributed by atoms with Crippen LogP contribution in [0.2, 0.25) is 5.02 Å². The second kappa shape index (κ2) is 6.15. The number of halogens is 2. The van der Waals surface area contributed by atoms with E-state index in [1.54, 1.807) is 0 Å². The molecule has 0 spiro atoms. The summed E-state index contributed by atoms with van der Waals surface area (Å²) in [5, 5.41) is 0.364. The van der Waals surface area contributed by atoms with Crippen molar-refractivity contribution in [2.45, 2.75) is 9.79 Å². The summed E-state index contributed by atoms with van der Waals surface area (Å²) in [6, 6.07) is 6.64. The van der Waals surface area contributed by atoms with Crippen molar-refractivity contribution in [2.24, 2.45) is 0 Å². The minimum absolute atomic E-state index is 0.0704. The molecular formula is C12H10BrClN2O4S2. The molecule has 10 heteroatoms. The molecular weight excluding hydrogens is 416 g/mol. The predicted molar refractivity (Wildman–Crippen MR) is 87.3 cm³/mol. The number of anilines is 1. The number of nitrogens with one attached hydrogen (secondary N) is 1. The maximum Gasteiger partial charge on any atom is 0.264 e. The summed E-state index contributed by atoms with van der Waals surface area (Å²) in [6.07, 6.45) is 2.29. The first-order valence-electron chi connectivity index (χ1n) is 5.73. The van der Waals surface area contributed by atoms with E-state index in [-0.39, 0.29) is 20.1 Å². The van der Waals surface area contributed by atoms with Crippen LogP contribution in [0.4, 0.5) is 5.82 Å². The number of nitrogens with zero attached hydrogens (tertiary/aromatic N) is 1. The van der Waals surface area contributed by atoms with Crippen LogP contribution in [0.25, 0.3) is 0 Å². The Hall–Kier alpha value is -1.16. The van der Waals surface area contributed by atoms with Gasteiger partial charge in [0.25, 0.3) is 10.0 Å². The number of pyridine rings is 1. The molecule has 1 aromatic heterocycles. The summed E-state index contributed by atoms with van der Waals surface area (Å²) >= 11 is 8.78. The highest BCUT2D eigenvalue weighted by atomic mass is 79.9. The van der Waals surface area contributed by atoms with Gasteiger partial charge in [-0.2, -0.15) is 0 Å². The van der Waals surface area contributed by atoms with Crippen LogP contribution in [0, 0.1) is 0 Å². The van der Waals surface area contributed by atoms with Crippen LogP contribution in [0.3, 0.4) is 0 Å². The number of sulfone groups is 1. The van der Waals surface area contributed by atoms with Gasteiger partial charge in [0.1, 0.15) is 10.7 Å². The normalized spacial score (nSPS) is 12.1. The molecule has 0 aliphatic heterocycles. The Kier molecular flexibility index (Phi) is 4.81. The Morgan fingerprint density at radius 1 is 1.14 bits per heavy atom. The van der Waals surface area contributed by atoms with Gasteiger partial charge in [-0.25, -0.2) is 21.8 Å². The standard InChI is InChI=1S/C12H10BrClN2O4S2/c1-21(17,18)9-3-4-10(13)11(6-9)22(19,20)16-12-5-2-8(14)7-15-12/h2-7H,1H3,(H,15,16). The number of hydrogen-bond acceptors (Lipinski definition) is 5. The van der Waals surface area contributed by atoms with Crippen molar-refractivity contribution >= 4 is 53.2 Å². The lowest BCUT2D eigenvalue weighted by atomic mass is 10.4. The number of sulfonamides is 1. The van der Waals surface area contributed by atoms with Gasteiger partial charge in [0.05, 0.1) is 9.92 Å². The number of benzene rings is 1. The molecule has 2 aromatic rings. The van der Waals surface area contributed by atoms with Crippen LogP contribution < -0.4 is 4.72 Å². The lowest BCUT2D eigenvalue weighted by Gasteiger charge is -2.10. The summed E-state index contributed by atoms with van der Waals surface area (Å²) < 4.78 is 50.4. The lowest BCUT2D eigenvalue weighted by molar-refractivity contribution is 0.599. The van der Waals surface area contributed by atoms with E-state index >= 15 is 0 Å². The predicted octanol–water partition coefficient (Wildman–Crippen LogP) is 2.70. The van der Waals surface area contributed by atoms with Crippen LogP contribution in [-0.4, -0.2) is 28.1 Å². The quantitative estimate of drug-likeness (QED) is 0.813. The van der Waals surface area contributed by atoms with E-state index < -0.39 is 19.9 Å². The second-order valence-corrected chi connectivity index (χ2v) is 9.29. The molecule has 22 heavy (non-hydrogen) atoms. The molecule has 6 nitrogen and oxygen atoms in total. The van der Waals surface area contributed by atoms with Crippen LogP contribution in [0.15, 0.2) is 50.8 Å². The highest BCUT2D eigenvalue weighted by Gasteiger charge is 2.21. The molecule has 0 saturated heterocycles. The monoisotopic (exact) mass is 424 g/mol. The van der Waals surface area contributed by atoms with Crippen molar-refractivity contribution in [3.8, 4) is 0 Å². The summed E-state index contributed by atoms with van der Waals surface area (Å²) in [7, 11) is -7.53. The third-order valence-corrected chi connectivity index (χ3v) is 6.27. The first kappa shape index (κ1) is 17.2. The molecule has 0 bridgehead atoms. The number of aromatic nitrogens is 1. The van der Waals surface area contributed by atoms with Gasteiger partial charge < -0.3 is 0 Å². The highest BCUT2D eigenvalue weighted by molar-refractivity contribution is 9.10. The zero-order valence-electron chi connectivity index (χ0n) is 11.1. The van der Waals surface area contributed by atoms with E-state index in [1.807, 2.05) is 0 Å². The Morgan fingerprint density at radius 2 is 1.82 bits per heavy atom. The largest absolute Gasteiger partial charge is 0.264 e. The smallest absolute Gasteiger partial charge is 0.263 e. The van der Waals surface area contributed by atoms with Crippen LogP contribution >= 0.6 is 27.5 Å². The third kappa shape index (κ3) is 3.97. The van der Waals surface area contributed by atoms with Crippen LogP contribution in [-0.2, 0) is 19.9 Å². The SMILES string of the molecule is CS(=O)(=O)c1ccc(Br)c(S(=O)(=O)Nc2ccc(Cl)cn2)c1. The van der Waals surface area contributed by atoms with E-state index in [0.29, 0.717) is 5.02 Å². The zero-order chi connectivity index (χ0) is 16.5. The second-order valence-electron chi connectivity index (χ2n) is 4.33. The van der Waals surface area contributed by atoms with Crippen molar-refractivity contribution in [3.05, 3.63) is 46.0 Å². The fraction of sp³-hybridized carbons (Fsp3) is 0.0833. The number of rotatable bonds is 4. The molecule has 0 aliphatic rings. The van der Waals surface area contributed by atoms with Crippen molar-refractivity contribution < 1.29 is 16.8 Å². The fourth-order valence-electron chi connectivity index (χ4n) is 1.55. The summed E-state index contributed by atoms with van der Waals surface area (Å²) in [4.78, 5) is 3.54. The Morgan fingerprint density at radius 3 is 2.36 bits per heavy atom. The molecule has 0 unspecified atom stereocenters. The topological polar surface area (TPSA) is 93.2 Å². The van der Waals surface area contributed by atoms with E-state index in [4.69, 9.17) is 11.6 Å². The lowest BCUT2D eigenvalue weighted by Crippen LogP contribution is -2.15. The summed E-state index contributed by atoms with van der Waals surface area (Å²) in [5.41, 5.74) is 0. The summed E-state index contributed by atoms with van der Waals surface area (Å²) in [5.74, 6) is 0.0704. The van der Waals surface area contributed by atoms with Crippen LogP contribution in [0.5, 0.6) is 0 Å².